The maximum absolute atomic E-state index is 12.8. The second-order valence-electron chi connectivity index (χ2n) is 8.78. The smallest absolute Gasteiger partial charge is 0.224 e. The molecule has 0 spiro atoms. The fourth-order valence-electron chi connectivity index (χ4n) is 4.06. The number of primary amides is 1. The predicted molar refractivity (Wildman–Crippen MR) is 134 cm³/mol. The highest BCUT2D eigenvalue weighted by Gasteiger charge is 2.26. The zero-order valence-corrected chi connectivity index (χ0v) is 19.9. The number of benzene rings is 2. The van der Waals surface area contributed by atoms with Crippen LogP contribution in [0.5, 0.6) is 0 Å². The van der Waals surface area contributed by atoms with Crippen LogP contribution in [-0.4, -0.2) is 34.4 Å². The number of nitrogens with one attached hydrogen (secondary N) is 1. The van der Waals surface area contributed by atoms with E-state index in [1.54, 1.807) is 13.1 Å². The number of ketones is 2. The number of pyridine rings is 1. The minimum absolute atomic E-state index is 0.0917. The molecule has 0 aliphatic carbocycles. The first kappa shape index (κ1) is 25.7. The Balaban J connectivity index is 1.54. The van der Waals surface area contributed by atoms with E-state index in [1.165, 1.54) is 0 Å². The second kappa shape index (κ2) is 12.6. The van der Waals surface area contributed by atoms with Crippen LogP contribution in [0, 0.1) is 5.92 Å². The first-order valence-corrected chi connectivity index (χ1v) is 11.8. The van der Waals surface area contributed by atoms with Crippen molar-refractivity contribution in [3.63, 3.8) is 0 Å². The van der Waals surface area contributed by atoms with Gasteiger partial charge in [0.05, 0.1) is 17.5 Å². The first-order chi connectivity index (χ1) is 16.8. The molecule has 1 heterocycles. The average molecular weight is 474 g/mol. The molecule has 35 heavy (non-hydrogen) atoms. The quantitative estimate of drug-likeness (QED) is 0.395. The van der Waals surface area contributed by atoms with Crippen molar-refractivity contribution in [3.8, 4) is 0 Å². The zero-order valence-electron chi connectivity index (χ0n) is 19.9. The van der Waals surface area contributed by atoms with Gasteiger partial charge < -0.3 is 11.1 Å². The Kier molecular flexibility index (Phi) is 9.23. The normalized spacial score (nSPS) is 12.6. The summed E-state index contributed by atoms with van der Waals surface area (Å²) in [6.45, 7) is 1.61. The van der Waals surface area contributed by atoms with Crippen LogP contribution in [-0.2, 0) is 32.0 Å². The summed E-state index contributed by atoms with van der Waals surface area (Å²) in [5.41, 5.74) is 8.22. The van der Waals surface area contributed by atoms with Gasteiger partial charge in [0, 0.05) is 37.3 Å². The number of carbonyl (C=O) groups excluding carboxylic acids is 4. The fraction of sp³-hybridized carbons (Fsp3) is 0.321. The monoisotopic (exact) mass is 473 g/mol. The highest BCUT2D eigenvalue weighted by Crippen LogP contribution is 2.18. The highest BCUT2D eigenvalue weighted by atomic mass is 16.2. The van der Waals surface area contributed by atoms with E-state index in [9.17, 15) is 19.2 Å². The number of nitrogens with two attached hydrogens (primary N) is 1. The van der Waals surface area contributed by atoms with Gasteiger partial charge in [0.15, 0.2) is 5.78 Å². The molecule has 0 saturated heterocycles. The third-order valence-electron chi connectivity index (χ3n) is 6.05. The molecule has 0 unspecified atom stereocenters. The lowest BCUT2D eigenvalue weighted by atomic mass is 9.94. The molecule has 0 radical (unpaired) electrons. The molecule has 7 heteroatoms. The standard InChI is InChI=1S/C28H31N3O4/c1-19(26(33)14-12-21-15-16-30-25-10-6-5-9-24(21)25)31-28(35)22(18-27(29)34)17-23(32)13-11-20-7-3-2-4-8-20/h2-10,15-16,19,22H,11-14,17-18H2,1H3,(H2,29,34)(H,31,35)/t19-,22-/m0/s1. The summed E-state index contributed by atoms with van der Waals surface area (Å²) in [7, 11) is 0. The molecule has 3 aromatic rings. The Morgan fingerprint density at radius 2 is 1.60 bits per heavy atom. The van der Waals surface area contributed by atoms with Crippen molar-refractivity contribution in [2.24, 2.45) is 11.7 Å². The van der Waals surface area contributed by atoms with Crippen LogP contribution in [0.25, 0.3) is 10.9 Å². The zero-order chi connectivity index (χ0) is 25.2. The predicted octanol–water partition coefficient (Wildman–Crippen LogP) is 3.32. The average Bonchev–Trinajstić information content (AvgIpc) is 2.85. The Bertz CT molecular complexity index is 1190. The molecule has 0 fully saturated rings. The van der Waals surface area contributed by atoms with Crippen LogP contribution in [0.3, 0.4) is 0 Å². The van der Waals surface area contributed by atoms with Crippen molar-refractivity contribution >= 4 is 34.3 Å². The lowest BCUT2D eigenvalue weighted by molar-refractivity contribution is -0.134. The van der Waals surface area contributed by atoms with Gasteiger partial charge in [0.25, 0.3) is 0 Å². The van der Waals surface area contributed by atoms with Gasteiger partial charge in [0.1, 0.15) is 5.78 Å². The number of rotatable bonds is 13. The minimum Gasteiger partial charge on any atom is -0.370 e. The van der Waals surface area contributed by atoms with Crippen LogP contribution in [0.1, 0.15) is 43.7 Å². The molecule has 3 rings (SSSR count). The largest absolute Gasteiger partial charge is 0.370 e. The number of amides is 2. The summed E-state index contributed by atoms with van der Waals surface area (Å²) in [6.07, 6.45) is 2.97. The number of aromatic nitrogens is 1. The summed E-state index contributed by atoms with van der Waals surface area (Å²) in [4.78, 5) is 53.9. The van der Waals surface area contributed by atoms with Crippen LogP contribution >= 0.6 is 0 Å². The lowest BCUT2D eigenvalue weighted by Crippen LogP contribution is -2.43. The van der Waals surface area contributed by atoms with Crippen LogP contribution in [0.15, 0.2) is 66.9 Å². The maximum atomic E-state index is 12.8. The highest BCUT2D eigenvalue weighted by molar-refractivity contribution is 5.94. The summed E-state index contributed by atoms with van der Waals surface area (Å²) in [6, 6.07) is 18.5. The van der Waals surface area contributed by atoms with Gasteiger partial charge in [-0.2, -0.15) is 0 Å². The van der Waals surface area contributed by atoms with E-state index in [2.05, 4.69) is 10.3 Å². The van der Waals surface area contributed by atoms with E-state index in [0.29, 0.717) is 12.8 Å². The number of aryl methyl sites for hydroxylation is 2. The summed E-state index contributed by atoms with van der Waals surface area (Å²) in [5.74, 6) is -2.32. The topological polar surface area (TPSA) is 119 Å². The van der Waals surface area contributed by atoms with E-state index in [0.717, 1.165) is 22.0 Å². The number of Topliss-reactive ketones (excluding diaryl/α,β-unsaturated/α-hetero) is 2. The van der Waals surface area contributed by atoms with E-state index >= 15 is 0 Å². The van der Waals surface area contributed by atoms with Crippen molar-refractivity contribution in [1.29, 1.82) is 0 Å². The number of carbonyl (C=O) groups is 4. The lowest BCUT2D eigenvalue weighted by Gasteiger charge is -2.19. The van der Waals surface area contributed by atoms with Crippen LogP contribution in [0.2, 0.25) is 0 Å². The van der Waals surface area contributed by atoms with Gasteiger partial charge >= 0.3 is 0 Å². The first-order valence-electron chi connectivity index (χ1n) is 11.8. The van der Waals surface area contributed by atoms with Crippen molar-refractivity contribution in [3.05, 3.63) is 78.0 Å². The number of fused-ring (bicyclic) bond motifs is 1. The molecule has 0 aliphatic rings. The third kappa shape index (κ3) is 7.84. The molecule has 0 bridgehead atoms. The Morgan fingerprint density at radius 1 is 0.886 bits per heavy atom. The molecule has 182 valence electrons. The SMILES string of the molecule is C[C@H](NC(=O)[C@H](CC(N)=O)CC(=O)CCc1ccccc1)C(=O)CCc1ccnc2ccccc12. The molecule has 7 nitrogen and oxygen atoms in total. The Hall–Kier alpha value is -3.87. The van der Waals surface area contributed by atoms with Crippen LogP contribution < -0.4 is 11.1 Å². The summed E-state index contributed by atoms with van der Waals surface area (Å²) in [5, 5.41) is 3.67. The van der Waals surface area contributed by atoms with E-state index < -0.39 is 23.8 Å². The molecular formula is C28H31N3O4. The van der Waals surface area contributed by atoms with Crippen molar-refractivity contribution in [2.75, 3.05) is 0 Å². The van der Waals surface area contributed by atoms with Gasteiger partial charge in [-0.05, 0) is 43.0 Å². The second-order valence-corrected chi connectivity index (χ2v) is 8.78. The van der Waals surface area contributed by atoms with Crippen molar-refractivity contribution in [1.82, 2.24) is 10.3 Å². The molecule has 0 aliphatic heterocycles. The molecular weight excluding hydrogens is 442 g/mol. The van der Waals surface area contributed by atoms with E-state index in [4.69, 9.17) is 5.73 Å². The molecule has 3 N–H and O–H groups in total. The Morgan fingerprint density at radius 3 is 2.34 bits per heavy atom. The number of nitrogens with zero attached hydrogens (tertiary/aromatic N) is 1. The molecule has 2 amide bonds. The van der Waals surface area contributed by atoms with Crippen molar-refractivity contribution < 1.29 is 19.2 Å². The van der Waals surface area contributed by atoms with Gasteiger partial charge in [-0.15, -0.1) is 0 Å². The van der Waals surface area contributed by atoms with Gasteiger partial charge in [-0.25, -0.2) is 0 Å². The minimum atomic E-state index is -0.893. The van der Waals surface area contributed by atoms with E-state index in [1.807, 2.05) is 60.7 Å². The number of hydrogen-bond donors (Lipinski definition) is 2. The van der Waals surface area contributed by atoms with Gasteiger partial charge in [-0.1, -0.05) is 48.5 Å². The summed E-state index contributed by atoms with van der Waals surface area (Å²) < 4.78 is 0. The third-order valence-corrected chi connectivity index (χ3v) is 6.05. The number of hydrogen-bond acceptors (Lipinski definition) is 5. The fourth-order valence-corrected chi connectivity index (χ4v) is 4.06. The summed E-state index contributed by atoms with van der Waals surface area (Å²) >= 11 is 0. The molecule has 1 aromatic heterocycles. The number of para-hydroxylation sites is 1. The molecule has 2 atom stereocenters. The van der Waals surface area contributed by atoms with Gasteiger partial charge in [0.2, 0.25) is 11.8 Å². The van der Waals surface area contributed by atoms with Gasteiger partial charge in [-0.3, -0.25) is 24.2 Å². The molecule has 2 aromatic carbocycles. The molecule has 0 saturated carbocycles. The maximum Gasteiger partial charge on any atom is 0.224 e. The van der Waals surface area contributed by atoms with E-state index in [-0.39, 0.29) is 37.2 Å². The Labute approximate surface area is 205 Å². The van der Waals surface area contributed by atoms with Crippen molar-refractivity contribution in [2.45, 2.75) is 51.5 Å². The van der Waals surface area contributed by atoms with Crippen LogP contribution in [0.4, 0.5) is 0 Å².